The van der Waals surface area contributed by atoms with Crippen molar-refractivity contribution in [2.24, 2.45) is 0 Å². The molecule has 0 aliphatic heterocycles. The van der Waals surface area contributed by atoms with Crippen molar-refractivity contribution in [2.45, 2.75) is 26.5 Å². The van der Waals surface area contributed by atoms with Crippen molar-refractivity contribution in [1.82, 2.24) is 9.55 Å². The molecule has 0 radical (unpaired) electrons. The molecule has 0 saturated carbocycles. The van der Waals surface area contributed by atoms with Gasteiger partial charge in [-0.2, -0.15) is 0 Å². The number of rotatable bonds is 9. The Labute approximate surface area is 212 Å². The van der Waals surface area contributed by atoms with Crippen LogP contribution in [0.25, 0.3) is 11.0 Å². The number of nitrogens with zero attached hydrogens (tertiary/aromatic N) is 2. The van der Waals surface area contributed by atoms with E-state index in [0.717, 1.165) is 16.7 Å². The summed E-state index contributed by atoms with van der Waals surface area (Å²) in [5, 5.41) is 0. The fourth-order valence-electron chi connectivity index (χ4n) is 3.88. The normalized spacial score (nSPS) is 10.8. The predicted octanol–water partition coefficient (Wildman–Crippen LogP) is 5.69. The number of fused-ring (bicyclic) bond motifs is 1. The number of ether oxygens (including phenoxy) is 2. The summed E-state index contributed by atoms with van der Waals surface area (Å²) in [5.74, 6) is -0.633. The summed E-state index contributed by atoms with van der Waals surface area (Å²) >= 11 is 3.71. The Bertz CT molecular complexity index is 1420. The zero-order valence-electron chi connectivity index (χ0n) is 19.4. The average molecular weight is 533 g/mol. The number of carbonyl (C=O) groups excluding carboxylic acids is 1. The van der Waals surface area contributed by atoms with E-state index in [1.54, 1.807) is 19.2 Å². The fraction of sp³-hybridized carbons (Fsp3) is 0.179. The first-order chi connectivity index (χ1) is 17.0. The molecule has 178 valence electrons. The van der Waals surface area contributed by atoms with Crippen LogP contribution in [0.2, 0.25) is 0 Å². The smallest absolute Gasteiger partial charge is 0.347 e. The monoisotopic (exact) mass is 532 g/mol. The number of benzene rings is 2. The van der Waals surface area contributed by atoms with Crippen molar-refractivity contribution in [1.29, 1.82) is 0 Å². The first-order valence-corrected chi connectivity index (χ1v) is 12.1. The Balaban J connectivity index is 1.94. The highest BCUT2D eigenvalue weighted by Gasteiger charge is 2.27. The van der Waals surface area contributed by atoms with Crippen molar-refractivity contribution >= 4 is 32.9 Å². The molecular weight excluding hydrogens is 508 g/mol. The van der Waals surface area contributed by atoms with Crippen molar-refractivity contribution in [3.63, 3.8) is 0 Å². The molecule has 0 aliphatic rings. The Morgan fingerprint density at radius 3 is 2.37 bits per heavy atom. The molecule has 0 saturated heterocycles. The first-order valence-electron chi connectivity index (χ1n) is 11.3. The minimum Gasteiger partial charge on any atom is -0.485 e. The van der Waals surface area contributed by atoms with E-state index in [0.29, 0.717) is 21.9 Å². The SMILES string of the molecule is C=CCn1c(=O)c(C(=O)OCC)c(OCc2ccccc2)c2ncc(Cc3ccccc3)c(Br)c21. The molecule has 0 N–H and O–H groups in total. The fourth-order valence-corrected chi connectivity index (χ4v) is 4.52. The molecule has 0 aliphatic carbocycles. The van der Waals surface area contributed by atoms with E-state index >= 15 is 0 Å². The topological polar surface area (TPSA) is 70.4 Å². The summed E-state index contributed by atoms with van der Waals surface area (Å²) < 4.78 is 13.5. The van der Waals surface area contributed by atoms with Gasteiger partial charge in [-0.3, -0.25) is 9.78 Å². The molecule has 4 rings (SSSR count). The molecule has 0 unspecified atom stereocenters. The van der Waals surface area contributed by atoms with E-state index in [9.17, 15) is 9.59 Å². The van der Waals surface area contributed by atoms with Crippen LogP contribution in [0.1, 0.15) is 34.0 Å². The van der Waals surface area contributed by atoms with Gasteiger partial charge in [0.25, 0.3) is 5.56 Å². The van der Waals surface area contributed by atoms with E-state index in [-0.39, 0.29) is 31.1 Å². The van der Waals surface area contributed by atoms with Gasteiger partial charge in [-0.15, -0.1) is 6.58 Å². The van der Waals surface area contributed by atoms with Crippen LogP contribution in [0.4, 0.5) is 0 Å². The molecule has 2 heterocycles. The maximum absolute atomic E-state index is 13.6. The summed E-state index contributed by atoms with van der Waals surface area (Å²) in [4.78, 5) is 31.2. The third kappa shape index (κ3) is 5.20. The van der Waals surface area contributed by atoms with Crippen molar-refractivity contribution < 1.29 is 14.3 Å². The van der Waals surface area contributed by atoms with Crippen molar-refractivity contribution in [3.05, 3.63) is 117 Å². The molecule has 0 atom stereocenters. The predicted molar refractivity (Wildman–Crippen MR) is 140 cm³/mol. The van der Waals surface area contributed by atoms with Crippen LogP contribution in [0.3, 0.4) is 0 Å². The maximum Gasteiger partial charge on any atom is 0.347 e. The van der Waals surface area contributed by atoms with Crippen LogP contribution in [-0.4, -0.2) is 22.1 Å². The molecule has 0 fully saturated rings. The van der Waals surface area contributed by atoms with Crippen LogP contribution in [0.15, 0.2) is 88.8 Å². The standard InChI is InChI=1S/C28H25BrN2O4/c1-3-15-31-25-23(29)21(16-19-11-7-5-8-12-19)17-30-24(25)26(22(27(31)32)28(33)34-4-2)35-18-20-13-9-6-10-14-20/h3,5-14,17H,1,4,15-16,18H2,2H3. The van der Waals surface area contributed by atoms with Gasteiger partial charge in [0.05, 0.1) is 12.1 Å². The molecule has 2 aromatic heterocycles. The summed E-state index contributed by atoms with van der Waals surface area (Å²) in [5.41, 5.74) is 3.15. The van der Waals surface area contributed by atoms with Gasteiger partial charge >= 0.3 is 5.97 Å². The number of aromatic nitrogens is 2. The van der Waals surface area contributed by atoms with Gasteiger partial charge in [0, 0.05) is 23.6 Å². The van der Waals surface area contributed by atoms with Gasteiger partial charge in [-0.25, -0.2) is 4.79 Å². The van der Waals surface area contributed by atoms with Gasteiger partial charge < -0.3 is 14.0 Å². The summed E-state index contributed by atoms with van der Waals surface area (Å²) in [6.07, 6.45) is 3.97. The van der Waals surface area contributed by atoms with Gasteiger partial charge in [0.2, 0.25) is 0 Å². The quantitative estimate of drug-likeness (QED) is 0.204. The molecule has 6 nitrogen and oxygen atoms in total. The number of halogens is 1. The number of carbonyl (C=O) groups is 1. The minimum atomic E-state index is -0.744. The van der Waals surface area contributed by atoms with E-state index in [2.05, 4.69) is 27.5 Å². The van der Waals surface area contributed by atoms with E-state index < -0.39 is 11.5 Å². The molecule has 4 aromatic rings. The Kier molecular flexibility index (Phi) is 7.77. The van der Waals surface area contributed by atoms with Gasteiger partial charge in [-0.1, -0.05) is 66.7 Å². The second-order valence-electron chi connectivity index (χ2n) is 7.86. The van der Waals surface area contributed by atoms with Crippen LogP contribution >= 0.6 is 15.9 Å². The number of pyridine rings is 2. The zero-order valence-corrected chi connectivity index (χ0v) is 21.0. The largest absolute Gasteiger partial charge is 0.485 e. The lowest BCUT2D eigenvalue weighted by atomic mass is 10.1. The average Bonchev–Trinajstić information content (AvgIpc) is 2.87. The second kappa shape index (κ2) is 11.1. The lowest BCUT2D eigenvalue weighted by Gasteiger charge is -2.19. The third-order valence-electron chi connectivity index (χ3n) is 5.49. The lowest BCUT2D eigenvalue weighted by molar-refractivity contribution is 0.0518. The van der Waals surface area contributed by atoms with Gasteiger partial charge in [0.15, 0.2) is 11.3 Å². The van der Waals surface area contributed by atoms with Crippen LogP contribution < -0.4 is 10.3 Å². The molecular formula is C28H25BrN2O4. The second-order valence-corrected chi connectivity index (χ2v) is 8.65. The number of esters is 1. The van der Waals surface area contributed by atoms with Crippen molar-refractivity contribution in [3.8, 4) is 5.75 Å². The highest BCUT2D eigenvalue weighted by molar-refractivity contribution is 9.10. The summed E-state index contributed by atoms with van der Waals surface area (Å²) in [7, 11) is 0. The zero-order chi connectivity index (χ0) is 24.8. The van der Waals surface area contributed by atoms with Crippen molar-refractivity contribution in [2.75, 3.05) is 6.61 Å². The van der Waals surface area contributed by atoms with Crippen LogP contribution in [0.5, 0.6) is 5.75 Å². The van der Waals surface area contributed by atoms with Gasteiger partial charge in [0.1, 0.15) is 12.1 Å². The molecule has 0 bridgehead atoms. The highest BCUT2D eigenvalue weighted by Crippen LogP contribution is 2.34. The number of hydrogen-bond donors (Lipinski definition) is 0. The van der Waals surface area contributed by atoms with E-state index in [4.69, 9.17) is 9.47 Å². The molecule has 35 heavy (non-hydrogen) atoms. The molecule has 0 spiro atoms. The Hall–Kier alpha value is -3.71. The maximum atomic E-state index is 13.6. The molecule has 7 heteroatoms. The van der Waals surface area contributed by atoms with E-state index in [1.807, 2.05) is 60.7 Å². The Morgan fingerprint density at radius 2 is 1.74 bits per heavy atom. The lowest BCUT2D eigenvalue weighted by Crippen LogP contribution is -2.29. The van der Waals surface area contributed by atoms with Gasteiger partial charge in [-0.05, 0) is 39.5 Å². The molecule has 0 amide bonds. The summed E-state index contributed by atoms with van der Waals surface area (Å²) in [6, 6.07) is 19.5. The minimum absolute atomic E-state index is 0.111. The summed E-state index contributed by atoms with van der Waals surface area (Å²) in [6.45, 7) is 5.96. The third-order valence-corrected chi connectivity index (χ3v) is 6.37. The first kappa shape index (κ1) is 24.4. The Morgan fingerprint density at radius 1 is 1.09 bits per heavy atom. The van der Waals surface area contributed by atoms with Crippen LogP contribution in [0, 0.1) is 0 Å². The molecule has 2 aromatic carbocycles. The van der Waals surface area contributed by atoms with E-state index in [1.165, 1.54) is 4.57 Å². The highest BCUT2D eigenvalue weighted by atomic mass is 79.9. The number of allylic oxidation sites excluding steroid dienone is 1. The van der Waals surface area contributed by atoms with Crippen LogP contribution in [-0.2, 0) is 24.3 Å². The number of hydrogen-bond acceptors (Lipinski definition) is 5.